The molecule has 14 nitrogen and oxygen atoms in total. The van der Waals surface area contributed by atoms with Crippen LogP contribution in [0.2, 0.25) is 0 Å². The van der Waals surface area contributed by atoms with Gasteiger partial charge in [-0.05, 0) is 95.5 Å². The Bertz CT molecular complexity index is 1480. The molecule has 2 saturated heterocycles. The number of amides is 1. The molecule has 0 aromatic heterocycles. The number of carbonyl (C=O) groups is 4. The minimum atomic E-state index is -2.51. The van der Waals surface area contributed by atoms with Crippen LogP contribution in [0.4, 0.5) is 0 Å². The third-order valence-electron chi connectivity index (χ3n) is 12.9. The number of allylic oxidation sites excluding steroid dienone is 4. The van der Waals surface area contributed by atoms with Gasteiger partial charge in [-0.25, -0.2) is 4.79 Å². The maximum Gasteiger partial charge on any atom is 0.329 e. The molecule has 2 bridgehead atoms. The number of aliphatic hydroxyl groups excluding tert-OH is 2. The number of ether oxygens (including phenoxy) is 5. The Hall–Kier alpha value is -2.82. The molecule has 330 valence electrons. The molecule has 58 heavy (non-hydrogen) atoms. The molecular formula is C44H71NO13. The summed E-state index contributed by atoms with van der Waals surface area (Å²) in [5.41, 5.74) is 1.61. The number of aliphatic hydroxyl groups is 3. The molecule has 5 N–H and O–H groups in total. The van der Waals surface area contributed by atoms with Crippen LogP contribution >= 0.6 is 0 Å². The molecule has 14 heteroatoms. The molecule has 3 heterocycles. The van der Waals surface area contributed by atoms with E-state index in [1.54, 1.807) is 27.0 Å². The van der Waals surface area contributed by atoms with Crippen molar-refractivity contribution in [2.75, 3.05) is 27.9 Å². The molecule has 14 atom stereocenters. The van der Waals surface area contributed by atoms with E-state index < -0.39 is 83.9 Å². The number of carbonyl (C=O) groups excluding carboxylic acids is 4. The van der Waals surface area contributed by atoms with Crippen LogP contribution in [-0.4, -0.2) is 132 Å². The van der Waals surface area contributed by atoms with Crippen molar-refractivity contribution < 1.29 is 63.7 Å². The maximum atomic E-state index is 14.3. The van der Waals surface area contributed by atoms with E-state index >= 15 is 0 Å². The lowest BCUT2D eigenvalue weighted by molar-refractivity contribution is -0.302. The highest BCUT2D eigenvalue weighted by atomic mass is 16.7. The monoisotopic (exact) mass is 821 g/mol. The van der Waals surface area contributed by atoms with Crippen LogP contribution in [-0.2, 0) is 42.9 Å². The Labute approximate surface area is 344 Å². The number of ketones is 2. The summed E-state index contributed by atoms with van der Waals surface area (Å²) in [4.78, 5) is 57.8. The Morgan fingerprint density at radius 2 is 1.59 bits per heavy atom. The number of esters is 1. The molecule has 0 spiro atoms. The number of Topliss-reactive ketones (excluding diaryl/α,β-unsaturated/α-hetero) is 2. The number of piperidine rings is 1. The maximum absolute atomic E-state index is 14.3. The second-order valence-corrected chi connectivity index (χ2v) is 17.3. The summed E-state index contributed by atoms with van der Waals surface area (Å²) in [6.07, 6.45) is 4.93. The fraction of sp³-hybridized carbons (Fsp3) is 0.773. The van der Waals surface area contributed by atoms with Gasteiger partial charge in [-0.1, -0.05) is 44.6 Å². The zero-order chi connectivity index (χ0) is 42.2. The lowest BCUT2D eigenvalue weighted by Gasteiger charge is -2.47. The molecule has 1 saturated carbocycles. The van der Waals surface area contributed by atoms with Crippen LogP contribution in [0.3, 0.4) is 0 Å². The van der Waals surface area contributed by atoms with Gasteiger partial charge in [0.15, 0.2) is 0 Å². The first-order chi connectivity index (χ1) is 27.0. The molecule has 3 fully saturated rings. The predicted octanol–water partition coefficient (Wildman–Crippen LogP) is 3.81. The van der Waals surface area contributed by atoms with Gasteiger partial charge >= 0.3 is 5.97 Å². The van der Waals surface area contributed by atoms with Gasteiger partial charge in [0.1, 0.15) is 24.0 Å². The summed E-state index contributed by atoms with van der Waals surface area (Å²) in [6, 6.07) is -1.14. The molecule has 0 aromatic rings. The van der Waals surface area contributed by atoms with E-state index in [-0.39, 0.29) is 55.0 Å². The summed E-state index contributed by atoms with van der Waals surface area (Å²) < 4.78 is 29.7. The average molecular weight is 822 g/mol. The van der Waals surface area contributed by atoms with Crippen molar-refractivity contribution in [1.82, 2.24) is 4.90 Å². The Kier molecular flexibility index (Phi) is 18.9. The highest BCUT2D eigenvalue weighted by Crippen LogP contribution is 2.39. The van der Waals surface area contributed by atoms with Crippen LogP contribution in [0.5, 0.6) is 0 Å². The number of methoxy groups -OCH3 is 3. The van der Waals surface area contributed by atoms with Crippen molar-refractivity contribution in [1.29, 1.82) is 0 Å². The van der Waals surface area contributed by atoms with Gasteiger partial charge in [-0.2, -0.15) is 0 Å². The number of rotatable bonds is 7. The van der Waals surface area contributed by atoms with Crippen LogP contribution in [0.1, 0.15) is 105 Å². The lowest BCUT2D eigenvalue weighted by Crippen LogP contribution is -2.64. The number of hydrogen-bond acceptors (Lipinski definition) is 12. The normalized spacial score (nSPS) is 40.3. The quantitative estimate of drug-likeness (QED) is 0.190. The summed E-state index contributed by atoms with van der Waals surface area (Å²) in [5, 5.41) is 34.1. The minimum Gasteiger partial charge on any atom is -0.456 e. The highest BCUT2D eigenvalue weighted by Gasteiger charge is 2.56. The first kappa shape index (κ1) is 49.5. The molecule has 0 radical (unpaired) electrons. The average Bonchev–Trinajstić information content (AvgIpc) is 3.18. The number of hydrogen-bond donors (Lipinski definition) is 3. The molecule has 1 aliphatic carbocycles. The van der Waals surface area contributed by atoms with Gasteiger partial charge in [-0.3, -0.25) is 14.4 Å². The molecule has 0 aromatic carbocycles. The second-order valence-electron chi connectivity index (χ2n) is 17.3. The van der Waals surface area contributed by atoms with E-state index in [0.717, 1.165) is 5.57 Å². The predicted molar refractivity (Wildman–Crippen MR) is 216 cm³/mol. The lowest BCUT2D eigenvalue weighted by atomic mass is 9.81. The van der Waals surface area contributed by atoms with Crippen LogP contribution in [0.15, 0.2) is 36.0 Å². The molecule has 4 aliphatic rings. The van der Waals surface area contributed by atoms with E-state index in [0.29, 0.717) is 56.9 Å². The number of fused-ring (bicyclic) bond motifs is 3. The van der Waals surface area contributed by atoms with Crippen molar-refractivity contribution in [2.45, 2.75) is 160 Å². The molecule has 4 rings (SSSR count). The highest BCUT2D eigenvalue weighted by molar-refractivity contribution is 6.39. The van der Waals surface area contributed by atoms with Gasteiger partial charge in [0.05, 0.1) is 30.5 Å². The van der Waals surface area contributed by atoms with Crippen molar-refractivity contribution >= 4 is 23.4 Å². The topological polar surface area (TPSA) is 210 Å². The van der Waals surface area contributed by atoms with Gasteiger partial charge in [0, 0.05) is 52.0 Å². The van der Waals surface area contributed by atoms with Gasteiger partial charge in [-0.15, -0.1) is 6.58 Å². The standard InChI is InChI=1S/C44H69NO12.H2O/c1-10-13-31-19-25(2)18-26(3)20-37(54-8)40-38(55-9)22-28(5)44(52,57-40)41(49)42(50)45-17-12-11-14-32(45)43(51)56-39(29(6)34(47)24-35(31)48)27(4)21-30-15-16-33(46)36(23-30)53-7;/h10,19,21,26,28-34,36-40,46-47,52H,1,11-18,20,22-24H2,2-9H3;1H2/b25-19+,27-21+;/t26-,28?,29?,30?,31?,32-,33?,34-,36+,37-,38?,39?,40+,44+;/m0./s1. The molecular weight excluding hydrogens is 750 g/mol. The second kappa shape index (κ2) is 22.1. The first-order valence-electron chi connectivity index (χ1n) is 20.9. The molecule has 3 aliphatic heterocycles. The van der Waals surface area contributed by atoms with Crippen molar-refractivity contribution in [3.05, 3.63) is 36.0 Å². The van der Waals surface area contributed by atoms with Gasteiger partial charge < -0.3 is 49.4 Å². The van der Waals surface area contributed by atoms with Crippen LogP contribution in [0.25, 0.3) is 0 Å². The van der Waals surface area contributed by atoms with E-state index in [1.165, 1.54) is 19.1 Å². The van der Waals surface area contributed by atoms with Gasteiger partial charge in [0.2, 0.25) is 5.79 Å². The third kappa shape index (κ3) is 11.7. The Balaban J connectivity index is 0.00000900. The number of cyclic esters (lactones) is 1. The van der Waals surface area contributed by atoms with Gasteiger partial charge in [0.25, 0.3) is 11.7 Å². The molecule has 7 unspecified atom stereocenters. The summed E-state index contributed by atoms with van der Waals surface area (Å²) in [5.74, 6) is -7.76. The Morgan fingerprint density at radius 3 is 2.22 bits per heavy atom. The van der Waals surface area contributed by atoms with Crippen LogP contribution < -0.4 is 0 Å². The van der Waals surface area contributed by atoms with E-state index in [2.05, 4.69) is 6.58 Å². The summed E-state index contributed by atoms with van der Waals surface area (Å²) in [7, 11) is 4.61. The van der Waals surface area contributed by atoms with Crippen molar-refractivity contribution in [2.24, 2.45) is 29.6 Å². The Morgan fingerprint density at radius 1 is 0.931 bits per heavy atom. The van der Waals surface area contributed by atoms with E-state index in [1.807, 2.05) is 32.9 Å². The minimum absolute atomic E-state index is 0. The SMILES string of the molecule is C=CCC1/C=C(\C)C[C@H](C)C[C@H](OC)[C@H]2O[C@@](O)(C(=O)C(=O)N3CCCC[C@H]3C(=O)OC(/C(C)=C/C3CCC(O)[C@H](OC)C3)C(C)[C@@H](O)CC1=O)C(C)CC2OC.O. The first-order valence-corrected chi connectivity index (χ1v) is 20.9. The molecule has 1 amide bonds. The van der Waals surface area contributed by atoms with Crippen LogP contribution in [0, 0.1) is 29.6 Å². The zero-order valence-electron chi connectivity index (χ0n) is 35.9. The fourth-order valence-corrected chi connectivity index (χ4v) is 9.42. The van der Waals surface area contributed by atoms with Crippen molar-refractivity contribution in [3.63, 3.8) is 0 Å². The zero-order valence-corrected chi connectivity index (χ0v) is 35.9. The smallest absolute Gasteiger partial charge is 0.329 e. The number of nitrogens with zero attached hydrogens (tertiary/aromatic N) is 1. The summed E-state index contributed by atoms with van der Waals surface area (Å²) in [6.45, 7) is 13.1. The van der Waals surface area contributed by atoms with E-state index in [9.17, 15) is 34.5 Å². The van der Waals surface area contributed by atoms with E-state index in [4.69, 9.17) is 23.7 Å². The van der Waals surface area contributed by atoms with Crippen molar-refractivity contribution in [3.8, 4) is 0 Å². The third-order valence-corrected chi connectivity index (χ3v) is 12.9. The largest absolute Gasteiger partial charge is 0.456 e. The fourth-order valence-electron chi connectivity index (χ4n) is 9.42. The summed E-state index contributed by atoms with van der Waals surface area (Å²) >= 11 is 0.